The first-order valence-electron chi connectivity index (χ1n) is 18.3. The van der Waals surface area contributed by atoms with Crippen molar-refractivity contribution in [2.75, 3.05) is 21.2 Å². The van der Waals surface area contributed by atoms with Gasteiger partial charge in [-0.2, -0.15) is 0 Å². The molecule has 3 heterocycles. The molecule has 17 atom stereocenters. The van der Waals surface area contributed by atoms with Gasteiger partial charge in [-0.15, -0.1) is 0 Å². The molecule has 3 aliphatic heterocycles. The minimum Gasteiger partial charge on any atom is -0.462 e. The number of rotatable bonds is 7. The monoisotopic (exact) mass is 701 g/mol. The molecule has 3 rings (SSSR count). The maximum Gasteiger partial charge on any atom is 0.311 e. The number of hydrogen-bond acceptors (Lipinski definition) is 12. The molecule has 3 saturated heterocycles. The lowest BCUT2D eigenvalue weighted by Crippen LogP contribution is -2.59. The van der Waals surface area contributed by atoms with Gasteiger partial charge in [0.05, 0.1) is 47.6 Å². The highest BCUT2D eigenvalue weighted by atomic mass is 16.7. The molecule has 12 nitrogen and oxygen atoms in total. The van der Waals surface area contributed by atoms with Gasteiger partial charge in [0.1, 0.15) is 18.0 Å². The normalized spacial score (nSPS) is 48.2. The molecule has 3 aliphatic rings. The lowest BCUT2D eigenvalue weighted by molar-refractivity contribution is -0.308. The molecule has 0 aliphatic carbocycles. The fraction of sp³-hybridized carbons (Fsp3) is 0.946. The maximum absolute atomic E-state index is 14.0. The van der Waals surface area contributed by atoms with Gasteiger partial charge in [0.2, 0.25) is 0 Å². The van der Waals surface area contributed by atoms with Crippen molar-refractivity contribution in [2.24, 2.45) is 29.6 Å². The van der Waals surface area contributed by atoms with Crippen molar-refractivity contribution in [3.63, 3.8) is 0 Å². The molecule has 0 bridgehead atoms. The van der Waals surface area contributed by atoms with E-state index in [1.54, 1.807) is 48.5 Å². The third-order valence-corrected chi connectivity index (χ3v) is 11.7. The first-order valence-corrected chi connectivity index (χ1v) is 18.3. The summed E-state index contributed by atoms with van der Waals surface area (Å²) < 4.78 is 37.7. The van der Waals surface area contributed by atoms with Crippen LogP contribution in [0.25, 0.3) is 0 Å². The molecule has 0 radical (unpaired) electrons. The summed E-state index contributed by atoms with van der Waals surface area (Å²) >= 11 is 0. The van der Waals surface area contributed by atoms with Gasteiger partial charge < -0.3 is 48.6 Å². The summed E-state index contributed by atoms with van der Waals surface area (Å²) in [5.74, 6) is -4.15. The molecule has 3 fully saturated rings. The van der Waals surface area contributed by atoms with E-state index in [0.717, 1.165) is 6.42 Å². The zero-order valence-corrected chi connectivity index (χ0v) is 32.3. The Morgan fingerprint density at radius 3 is 2.08 bits per heavy atom. The summed E-state index contributed by atoms with van der Waals surface area (Å²) in [4.78, 5) is 29.9. The average molecular weight is 702 g/mol. The van der Waals surface area contributed by atoms with Gasteiger partial charge >= 0.3 is 5.97 Å². The van der Waals surface area contributed by atoms with E-state index in [-0.39, 0.29) is 30.8 Å². The van der Waals surface area contributed by atoms with Crippen molar-refractivity contribution in [2.45, 2.75) is 174 Å². The molecule has 12 heteroatoms. The summed E-state index contributed by atoms with van der Waals surface area (Å²) in [7, 11) is 5.56. The Bertz CT molecular complexity index is 1090. The minimum absolute atomic E-state index is 0.0410. The zero-order valence-electron chi connectivity index (χ0n) is 32.3. The largest absolute Gasteiger partial charge is 0.462 e. The predicted molar refractivity (Wildman–Crippen MR) is 183 cm³/mol. The van der Waals surface area contributed by atoms with Crippen LogP contribution < -0.4 is 0 Å². The Labute approximate surface area is 294 Å². The van der Waals surface area contributed by atoms with Gasteiger partial charge in [-0.1, -0.05) is 34.6 Å². The van der Waals surface area contributed by atoms with Gasteiger partial charge in [0.15, 0.2) is 12.6 Å². The Hall–Kier alpha value is -1.22. The van der Waals surface area contributed by atoms with Gasteiger partial charge in [0, 0.05) is 49.7 Å². The molecule has 49 heavy (non-hydrogen) atoms. The average Bonchev–Trinajstić information content (AvgIpc) is 3.04. The number of esters is 1. The fourth-order valence-electron chi connectivity index (χ4n) is 8.30. The number of ether oxygens (including phenoxy) is 6. The first-order chi connectivity index (χ1) is 22.7. The summed E-state index contributed by atoms with van der Waals surface area (Å²) in [6, 6.07) is 0.180. The van der Waals surface area contributed by atoms with Gasteiger partial charge in [-0.25, -0.2) is 0 Å². The van der Waals surface area contributed by atoms with Crippen molar-refractivity contribution in [1.82, 2.24) is 4.90 Å². The molecule has 3 N–H and O–H groups in total. The van der Waals surface area contributed by atoms with Gasteiger partial charge in [-0.05, 0) is 68.0 Å². The van der Waals surface area contributed by atoms with E-state index in [1.165, 1.54) is 7.11 Å². The van der Waals surface area contributed by atoms with Crippen molar-refractivity contribution in [1.29, 1.82) is 0 Å². The number of hydrogen-bond donors (Lipinski definition) is 3. The summed E-state index contributed by atoms with van der Waals surface area (Å²) in [6.45, 7) is 17.9. The highest BCUT2D eigenvalue weighted by Gasteiger charge is 2.51. The van der Waals surface area contributed by atoms with E-state index in [1.807, 2.05) is 34.9 Å². The van der Waals surface area contributed by atoms with E-state index >= 15 is 0 Å². The van der Waals surface area contributed by atoms with Crippen LogP contribution in [-0.2, 0) is 38.0 Å². The number of carbonyl (C=O) groups is 2. The fourth-order valence-corrected chi connectivity index (χ4v) is 8.30. The lowest BCUT2D eigenvalue weighted by Gasteiger charge is -2.48. The Kier molecular flexibility index (Phi) is 14.7. The number of aliphatic hydroxyl groups is 3. The first kappa shape index (κ1) is 42.2. The lowest BCUT2D eigenvalue weighted by atomic mass is 9.74. The Balaban J connectivity index is 2.13. The van der Waals surface area contributed by atoms with Crippen LogP contribution >= 0.6 is 0 Å². The van der Waals surface area contributed by atoms with Gasteiger partial charge in [0.25, 0.3) is 0 Å². The molecular weight excluding hydrogens is 634 g/mol. The predicted octanol–water partition coefficient (Wildman–Crippen LogP) is 3.70. The summed E-state index contributed by atoms with van der Waals surface area (Å²) in [5, 5.41) is 34.6. The summed E-state index contributed by atoms with van der Waals surface area (Å²) in [5.41, 5.74) is -2.57. The molecule has 3 unspecified atom stereocenters. The Morgan fingerprint density at radius 2 is 1.51 bits per heavy atom. The molecule has 0 aromatic rings. The molecule has 0 aromatic carbocycles. The van der Waals surface area contributed by atoms with Crippen LogP contribution in [0.3, 0.4) is 0 Å². The van der Waals surface area contributed by atoms with Crippen LogP contribution in [0.15, 0.2) is 0 Å². The molecule has 0 saturated carbocycles. The van der Waals surface area contributed by atoms with E-state index in [2.05, 4.69) is 4.90 Å². The third-order valence-electron chi connectivity index (χ3n) is 11.7. The number of ketones is 1. The van der Waals surface area contributed by atoms with Crippen molar-refractivity contribution in [3.8, 4) is 0 Å². The zero-order chi connectivity index (χ0) is 37.2. The Morgan fingerprint density at radius 1 is 0.878 bits per heavy atom. The summed E-state index contributed by atoms with van der Waals surface area (Å²) in [6.07, 6.45) is -4.74. The topological polar surface area (TPSA) is 153 Å². The molecule has 0 amide bonds. The van der Waals surface area contributed by atoms with E-state index in [4.69, 9.17) is 28.4 Å². The molecule has 0 spiro atoms. The number of Topliss-reactive ketones (excluding diaryl/α,β-unsaturated/α-hetero) is 1. The number of nitrogens with zero attached hydrogens (tertiary/aromatic N) is 1. The smallest absolute Gasteiger partial charge is 0.311 e. The SMILES string of the molecule is CC[C@H]1OC(=O)C(C)[C@@H](O[C@H]2C[C@@](C)(OC)[C@@H](O)[C@H](C)O2)[C@H](C)[C@@H](O[C@H]2CC(N(C)C)C[C@@H](C)O2)[C@](C)(O)C[C@@H](C)C(=O)[C@H](C)C(O)[C@H]1C. The molecule has 286 valence electrons. The van der Waals surface area contributed by atoms with E-state index in [9.17, 15) is 24.9 Å². The van der Waals surface area contributed by atoms with E-state index in [0.29, 0.717) is 12.8 Å². The van der Waals surface area contributed by atoms with Crippen LogP contribution in [-0.4, -0.2) is 126 Å². The highest BCUT2D eigenvalue weighted by Crippen LogP contribution is 2.40. The number of methoxy groups -OCH3 is 1. The molecular formula is C37H67NO11. The molecule has 0 aromatic heterocycles. The van der Waals surface area contributed by atoms with Crippen LogP contribution in [0.4, 0.5) is 0 Å². The minimum atomic E-state index is -1.60. The van der Waals surface area contributed by atoms with Crippen molar-refractivity contribution in [3.05, 3.63) is 0 Å². The maximum atomic E-state index is 14.0. The second kappa shape index (κ2) is 17.1. The standard InChI is InChI=1S/C37H67NO11/c1-14-27-21(4)31(40)22(5)30(39)19(2)17-36(9,43)34(49-28-16-26(38(11)12)15-20(3)45-28)23(6)32(24(7)35(42)47-27)48-29-18-37(10,44-13)33(41)25(8)46-29/h19-29,31-34,40-41,43H,14-18H2,1-13H3/t19-,20-,21+,22+,23+,24?,25+,26?,27-,28+,29+,31?,32+,33+,34-,36-,37-/m1/s1. The number of carbonyl (C=O) groups excluding carboxylic acids is 2. The van der Waals surface area contributed by atoms with Crippen LogP contribution in [0, 0.1) is 29.6 Å². The van der Waals surface area contributed by atoms with E-state index < -0.39 is 96.0 Å². The van der Waals surface area contributed by atoms with Crippen LogP contribution in [0.1, 0.15) is 101 Å². The van der Waals surface area contributed by atoms with Crippen molar-refractivity contribution >= 4 is 11.8 Å². The van der Waals surface area contributed by atoms with Crippen LogP contribution in [0.5, 0.6) is 0 Å². The number of cyclic esters (lactones) is 1. The van der Waals surface area contributed by atoms with Crippen LogP contribution in [0.2, 0.25) is 0 Å². The van der Waals surface area contributed by atoms with Crippen molar-refractivity contribution < 1.29 is 53.3 Å². The second-order valence-corrected chi connectivity index (χ2v) is 16.1. The number of aliphatic hydroxyl groups excluding tert-OH is 2. The third kappa shape index (κ3) is 9.81. The highest BCUT2D eigenvalue weighted by molar-refractivity contribution is 5.83. The van der Waals surface area contributed by atoms with Gasteiger partial charge in [-0.3, -0.25) is 9.59 Å². The quantitative estimate of drug-likeness (QED) is 0.332. The second-order valence-electron chi connectivity index (χ2n) is 16.1.